The van der Waals surface area contributed by atoms with Crippen molar-refractivity contribution >= 4 is 23.3 Å². The lowest BCUT2D eigenvalue weighted by Gasteiger charge is -2.34. The first-order chi connectivity index (χ1) is 19.0. The number of rotatable bonds is 9. The smallest absolute Gasteiger partial charge is 0.413 e. The first-order valence-electron chi connectivity index (χ1n) is 11.8. The van der Waals surface area contributed by atoms with Gasteiger partial charge < -0.3 is 15.0 Å². The Morgan fingerprint density at radius 1 is 1.10 bits per heavy atom. The Morgan fingerprint density at radius 2 is 1.78 bits per heavy atom. The van der Waals surface area contributed by atoms with E-state index in [-0.39, 0.29) is 16.3 Å². The van der Waals surface area contributed by atoms with Crippen LogP contribution in [0.3, 0.4) is 0 Å². The molecule has 0 aliphatic rings. The molecule has 2 unspecified atom stereocenters. The van der Waals surface area contributed by atoms with E-state index in [0.717, 1.165) is 30.9 Å². The predicted octanol–water partition coefficient (Wildman–Crippen LogP) is 7.04. The van der Waals surface area contributed by atoms with E-state index < -0.39 is 61.6 Å². The van der Waals surface area contributed by atoms with Crippen LogP contribution in [0, 0.1) is 0 Å². The molecule has 1 N–H and O–H groups in total. The Hall–Kier alpha value is -3.37. The normalized spacial score (nSPS) is 14.1. The van der Waals surface area contributed by atoms with Crippen LogP contribution in [-0.4, -0.2) is 70.0 Å². The number of thioether (sulfide) groups is 1. The van der Waals surface area contributed by atoms with Crippen molar-refractivity contribution in [2.75, 3.05) is 19.9 Å². The summed E-state index contributed by atoms with van der Waals surface area (Å²) in [6.07, 6.45) is -15.0. The number of halogens is 9. The molecule has 2 atom stereocenters. The van der Waals surface area contributed by atoms with E-state index in [9.17, 15) is 44.3 Å². The fourth-order valence-electron chi connectivity index (χ4n) is 4.14. The minimum absolute atomic E-state index is 0.0760. The topological polar surface area (TPSA) is 71.8 Å². The lowest BCUT2D eigenvalue weighted by atomic mass is 10.0. The molecule has 3 heterocycles. The number of nitrogens with zero attached hydrogens (tertiary/aromatic N) is 4. The fraction of sp³-hybridized carbons (Fsp3) is 0.458. The summed E-state index contributed by atoms with van der Waals surface area (Å²) in [5.74, 6) is 0.249. The van der Waals surface area contributed by atoms with Gasteiger partial charge in [0.25, 0.3) is 0 Å². The molecule has 2 amide bonds. The monoisotopic (exact) mass is 617 g/mol. The zero-order chi connectivity index (χ0) is 30.8. The molecule has 17 heteroatoms. The number of amides is 2. The molecule has 0 bridgehead atoms. The third-order valence-corrected chi connectivity index (χ3v) is 6.71. The number of aromatic nitrogens is 3. The van der Waals surface area contributed by atoms with Gasteiger partial charge in [-0.15, -0.1) is 11.8 Å². The van der Waals surface area contributed by atoms with Crippen LogP contribution in [-0.2, 0) is 0 Å². The average molecular weight is 618 g/mol. The van der Waals surface area contributed by atoms with Gasteiger partial charge in [0, 0.05) is 36.4 Å². The van der Waals surface area contributed by atoms with Crippen molar-refractivity contribution < 1.29 is 49.0 Å². The van der Waals surface area contributed by atoms with Crippen molar-refractivity contribution in [3.8, 4) is 17.0 Å². The largest absolute Gasteiger partial charge is 0.481 e. The third kappa shape index (κ3) is 7.68. The number of ether oxygens (including phenoxy) is 1. The molecule has 226 valence electrons. The van der Waals surface area contributed by atoms with Crippen molar-refractivity contribution in [1.82, 2.24) is 24.8 Å². The highest BCUT2D eigenvalue weighted by atomic mass is 32.2. The van der Waals surface area contributed by atoms with Gasteiger partial charge in [-0.3, -0.25) is 0 Å². The predicted molar refractivity (Wildman–Crippen MR) is 132 cm³/mol. The molecule has 3 aromatic rings. The lowest BCUT2D eigenvalue weighted by molar-refractivity contribution is -0.181. The number of fused-ring (bicyclic) bond motifs is 1. The van der Waals surface area contributed by atoms with Crippen LogP contribution in [0.4, 0.5) is 44.3 Å². The summed E-state index contributed by atoms with van der Waals surface area (Å²) in [6.45, 7) is 0.370. The Kier molecular flexibility index (Phi) is 9.60. The Labute approximate surface area is 232 Å². The number of alkyl halides is 9. The van der Waals surface area contributed by atoms with Gasteiger partial charge >= 0.3 is 24.6 Å². The van der Waals surface area contributed by atoms with Crippen LogP contribution in [0.5, 0.6) is 5.88 Å². The highest BCUT2D eigenvalue weighted by Crippen LogP contribution is 2.41. The maximum Gasteiger partial charge on any atom is 0.413 e. The minimum Gasteiger partial charge on any atom is -0.481 e. The molecule has 0 aliphatic heterocycles. The number of nitrogens with one attached hydrogen (secondary N) is 1. The summed E-state index contributed by atoms with van der Waals surface area (Å²) >= 11 is 1.11. The highest BCUT2D eigenvalue weighted by Gasteiger charge is 2.49. The van der Waals surface area contributed by atoms with Crippen LogP contribution in [0.1, 0.15) is 31.4 Å². The maximum absolute atomic E-state index is 14.4. The standard InChI is InChI=1S/C24H24F9N5O2S/c1-4-37(21(39)36-17(23(28,29)30)5-7-22(25,26)27)19(24(31,32)33)14-10-16(20(41-3)34-12-14)13-9-15-6-8-35-38(15)18(11-13)40-2/h6,8-12,17,19H,4-5,7H2,1-3H3,(H,36,39). The summed E-state index contributed by atoms with van der Waals surface area (Å²) in [6, 6.07) is -1.79. The zero-order valence-electron chi connectivity index (χ0n) is 21.7. The molecule has 0 aliphatic carbocycles. The minimum atomic E-state index is -5.34. The Bertz CT molecular complexity index is 1360. The molecule has 0 aromatic carbocycles. The van der Waals surface area contributed by atoms with Crippen LogP contribution in [0.2, 0.25) is 0 Å². The molecule has 0 fully saturated rings. The second kappa shape index (κ2) is 12.2. The molecule has 0 saturated carbocycles. The lowest BCUT2D eigenvalue weighted by Crippen LogP contribution is -2.53. The summed E-state index contributed by atoms with van der Waals surface area (Å²) in [5, 5.41) is 5.71. The maximum atomic E-state index is 14.4. The van der Waals surface area contributed by atoms with Crippen molar-refractivity contribution in [3.05, 3.63) is 42.2 Å². The molecule has 3 rings (SSSR count). The van der Waals surface area contributed by atoms with Gasteiger partial charge in [-0.05, 0) is 43.4 Å². The van der Waals surface area contributed by atoms with E-state index in [4.69, 9.17) is 4.74 Å². The molecule has 3 aromatic heterocycles. The molecular formula is C24H24F9N5O2S. The molecule has 41 heavy (non-hydrogen) atoms. The van der Waals surface area contributed by atoms with E-state index in [0.29, 0.717) is 16.1 Å². The zero-order valence-corrected chi connectivity index (χ0v) is 22.5. The van der Waals surface area contributed by atoms with Gasteiger partial charge in [0.15, 0.2) is 6.04 Å². The van der Waals surface area contributed by atoms with Gasteiger partial charge in [-0.1, -0.05) is 0 Å². The second-order valence-corrected chi connectivity index (χ2v) is 9.50. The summed E-state index contributed by atoms with van der Waals surface area (Å²) in [4.78, 5) is 17.0. The van der Waals surface area contributed by atoms with Crippen LogP contribution in [0.15, 0.2) is 41.7 Å². The van der Waals surface area contributed by atoms with E-state index in [1.807, 2.05) is 0 Å². The van der Waals surface area contributed by atoms with E-state index in [1.54, 1.807) is 18.4 Å². The van der Waals surface area contributed by atoms with Crippen LogP contribution >= 0.6 is 11.8 Å². The van der Waals surface area contributed by atoms with Crippen molar-refractivity contribution in [2.24, 2.45) is 0 Å². The number of hydrogen-bond donors (Lipinski definition) is 1. The van der Waals surface area contributed by atoms with Crippen LogP contribution < -0.4 is 10.1 Å². The van der Waals surface area contributed by atoms with Crippen LogP contribution in [0.25, 0.3) is 16.6 Å². The Morgan fingerprint density at radius 3 is 2.32 bits per heavy atom. The number of carbonyl (C=O) groups excluding carboxylic acids is 1. The van der Waals surface area contributed by atoms with E-state index in [2.05, 4.69) is 10.1 Å². The summed E-state index contributed by atoms with van der Waals surface area (Å²) < 4.78 is 128. The van der Waals surface area contributed by atoms with Gasteiger partial charge in [0.2, 0.25) is 5.88 Å². The molecule has 0 saturated heterocycles. The Balaban J connectivity index is 2.06. The summed E-state index contributed by atoms with van der Waals surface area (Å²) in [5.41, 5.74) is 0.552. The first-order valence-corrected chi connectivity index (χ1v) is 13.1. The summed E-state index contributed by atoms with van der Waals surface area (Å²) in [7, 11) is 1.37. The average Bonchev–Trinajstić information content (AvgIpc) is 3.35. The first kappa shape index (κ1) is 32.1. The van der Waals surface area contributed by atoms with E-state index >= 15 is 0 Å². The number of carbonyl (C=O) groups is 1. The number of hydrogen-bond acceptors (Lipinski definition) is 5. The molecule has 0 spiro atoms. The molecule has 7 nitrogen and oxygen atoms in total. The van der Waals surface area contributed by atoms with Crippen molar-refractivity contribution in [1.29, 1.82) is 0 Å². The van der Waals surface area contributed by atoms with Gasteiger partial charge in [-0.2, -0.15) is 44.6 Å². The third-order valence-electron chi connectivity index (χ3n) is 6.00. The SMILES string of the molecule is CCN(C(=O)NC(CCC(F)(F)F)C(F)(F)F)C(c1cnc(SC)c(-c2cc(OC)n3nccc3c2)c1)C(F)(F)F. The number of urea groups is 1. The number of pyridine rings is 2. The van der Waals surface area contributed by atoms with E-state index in [1.165, 1.54) is 29.2 Å². The van der Waals surface area contributed by atoms with Gasteiger partial charge in [0.05, 0.1) is 18.8 Å². The highest BCUT2D eigenvalue weighted by molar-refractivity contribution is 7.98. The van der Waals surface area contributed by atoms with Crippen molar-refractivity contribution in [2.45, 2.75) is 55.4 Å². The second-order valence-electron chi connectivity index (χ2n) is 8.71. The van der Waals surface area contributed by atoms with Gasteiger partial charge in [0.1, 0.15) is 11.1 Å². The van der Waals surface area contributed by atoms with Gasteiger partial charge in [-0.25, -0.2) is 14.3 Å². The van der Waals surface area contributed by atoms with Crippen molar-refractivity contribution in [3.63, 3.8) is 0 Å². The number of methoxy groups -OCH3 is 1. The molecule has 0 radical (unpaired) electrons. The fourth-order valence-corrected chi connectivity index (χ4v) is 4.69. The quantitative estimate of drug-likeness (QED) is 0.206. The molecular weight excluding hydrogens is 593 g/mol.